The van der Waals surface area contributed by atoms with Crippen molar-refractivity contribution < 1.29 is 18.3 Å². The van der Waals surface area contributed by atoms with Crippen molar-refractivity contribution in [2.45, 2.75) is 12.8 Å². The van der Waals surface area contributed by atoms with Crippen LogP contribution in [0.4, 0.5) is 8.78 Å². The molecule has 1 heterocycles. The first-order valence-corrected chi connectivity index (χ1v) is 4.81. The zero-order chi connectivity index (χ0) is 13.0. The van der Waals surface area contributed by atoms with Gasteiger partial charge in [0.25, 0.3) is 6.43 Å². The highest BCUT2D eigenvalue weighted by atomic mass is 35.5. The predicted octanol–water partition coefficient (Wildman–Crippen LogP) is 2.26. The molecule has 0 amide bonds. The molecule has 1 aromatic heterocycles. The smallest absolute Gasteiger partial charge is 0.310 e. The van der Waals surface area contributed by atoms with Crippen molar-refractivity contribution in [2.24, 2.45) is 0 Å². The van der Waals surface area contributed by atoms with E-state index in [1.165, 1.54) is 0 Å². The molecule has 0 bridgehead atoms. The maximum absolute atomic E-state index is 12.7. The molecule has 0 aliphatic carbocycles. The Kier molecular flexibility index (Phi) is 4.35. The van der Waals surface area contributed by atoms with Gasteiger partial charge in [-0.2, -0.15) is 5.26 Å². The second kappa shape index (κ2) is 5.55. The van der Waals surface area contributed by atoms with Gasteiger partial charge in [-0.3, -0.25) is 4.79 Å². The SMILES string of the molecule is COC(=O)Cc1c(C#N)cc(Cl)nc1C(F)F. The van der Waals surface area contributed by atoms with Crippen molar-refractivity contribution >= 4 is 17.6 Å². The van der Waals surface area contributed by atoms with E-state index in [1.807, 2.05) is 0 Å². The van der Waals surface area contributed by atoms with Crippen LogP contribution < -0.4 is 0 Å². The zero-order valence-electron chi connectivity index (χ0n) is 8.71. The Bertz CT molecular complexity index is 486. The van der Waals surface area contributed by atoms with Crippen LogP contribution in [0.3, 0.4) is 0 Å². The summed E-state index contributed by atoms with van der Waals surface area (Å²) in [5.74, 6) is -0.729. The Morgan fingerprint density at radius 2 is 2.35 bits per heavy atom. The van der Waals surface area contributed by atoms with E-state index in [0.29, 0.717) is 0 Å². The highest BCUT2D eigenvalue weighted by molar-refractivity contribution is 6.29. The normalized spacial score (nSPS) is 10.1. The average Bonchev–Trinajstić information content (AvgIpc) is 2.30. The Morgan fingerprint density at radius 1 is 1.71 bits per heavy atom. The van der Waals surface area contributed by atoms with Crippen LogP contribution in [0.2, 0.25) is 5.15 Å². The molecule has 0 saturated heterocycles. The molecule has 0 N–H and O–H groups in total. The number of hydrogen-bond acceptors (Lipinski definition) is 4. The van der Waals surface area contributed by atoms with E-state index in [0.717, 1.165) is 13.2 Å². The third-order valence-corrected chi connectivity index (χ3v) is 2.19. The highest BCUT2D eigenvalue weighted by Crippen LogP contribution is 2.26. The summed E-state index contributed by atoms with van der Waals surface area (Å²) in [5.41, 5.74) is -0.927. The van der Waals surface area contributed by atoms with Crippen LogP contribution in [-0.2, 0) is 16.0 Å². The highest BCUT2D eigenvalue weighted by Gasteiger charge is 2.21. The van der Waals surface area contributed by atoms with Crippen molar-refractivity contribution in [2.75, 3.05) is 7.11 Å². The van der Waals surface area contributed by atoms with Gasteiger partial charge in [-0.15, -0.1) is 0 Å². The topological polar surface area (TPSA) is 63.0 Å². The number of nitrogens with zero attached hydrogens (tertiary/aromatic N) is 2. The summed E-state index contributed by atoms with van der Waals surface area (Å²) in [5, 5.41) is 8.58. The quantitative estimate of drug-likeness (QED) is 0.618. The third kappa shape index (κ3) is 3.11. The fourth-order valence-corrected chi connectivity index (χ4v) is 1.44. The van der Waals surface area contributed by atoms with Crippen LogP contribution in [0.15, 0.2) is 6.07 Å². The van der Waals surface area contributed by atoms with Gasteiger partial charge in [-0.25, -0.2) is 13.8 Å². The van der Waals surface area contributed by atoms with Crippen LogP contribution in [0, 0.1) is 11.3 Å². The van der Waals surface area contributed by atoms with Crippen LogP contribution in [0.5, 0.6) is 0 Å². The van der Waals surface area contributed by atoms with Gasteiger partial charge in [-0.1, -0.05) is 11.6 Å². The number of esters is 1. The number of methoxy groups -OCH3 is 1. The maximum Gasteiger partial charge on any atom is 0.310 e. The largest absolute Gasteiger partial charge is 0.469 e. The summed E-state index contributed by atoms with van der Waals surface area (Å²) in [6, 6.07) is 2.83. The van der Waals surface area contributed by atoms with E-state index in [1.54, 1.807) is 6.07 Å². The molecular formula is C10H7ClF2N2O2. The Morgan fingerprint density at radius 3 is 2.82 bits per heavy atom. The Hall–Kier alpha value is -1.74. The van der Waals surface area contributed by atoms with E-state index in [4.69, 9.17) is 16.9 Å². The summed E-state index contributed by atoms with van der Waals surface area (Å²) in [4.78, 5) is 14.5. The Labute approximate surface area is 101 Å². The first-order chi connectivity index (χ1) is 7.99. The van der Waals surface area contributed by atoms with E-state index < -0.39 is 24.5 Å². The molecule has 90 valence electrons. The van der Waals surface area contributed by atoms with Gasteiger partial charge < -0.3 is 4.74 Å². The monoisotopic (exact) mass is 260 g/mol. The summed E-state index contributed by atoms with van der Waals surface area (Å²) >= 11 is 5.50. The van der Waals surface area contributed by atoms with E-state index in [-0.39, 0.29) is 16.3 Å². The minimum atomic E-state index is -2.92. The van der Waals surface area contributed by atoms with Gasteiger partial charge in [0.2, 0.25) is 0 Å². The van der Waals surface area contributed by atoms with Crippen LogP contribution >= 0.6 is 11.6 Å². The Balaban J connectivity index is 3.33. The van der Waals surface area contributed by atoms with E-state index in [9.17, 15) is 13.6 Å². The second-order valence-electron chi connectivity index (χ2n) is 3.02. The number of aromatic nitrogens is 1. The summed E-state index contributed by atoms with van der Waals surface area (Å²) in [6.45, 7) is 0. The lowest BCUT2D eigenvalue weighted by Crippen LogP contribution is -2.10. The number of alkyl halides is 2. The van der Waals surface area contributed by atoms with Crippen LogP contribution in [0.1, 0.15) is 23.2 Å². The fraction of sp³-hybridized carbons (Fsp3) is 0.300. The number of pyridine rings is 1. The standard InChI is InChI=1S/C10H7ClF2N2O2/c1-17-8(16)3-6-5(4-14)2-7(11)15-9(6)10(12)13/h2,10H,3H2,1H3. The molecular weight excluding hydrogens is 254 g/mol. The lowest BCUT2D eigenvalue weighted by Gasteiger charge is -2.09. The number of carbonyl (C=O) groups is 1. The van der Waals surface area contributed by atoms with Gasteiger partial charge >= 0.3 is 5.97 Å². The van der Waals surface area contributed by atoms with Crippen molar-refractivity contribution in [3.63, 3.8) is 0 Å². The lowest BCUT2D eigenvalue weighted by atomic mass is 10.0. The maximum atomic E-state index is 12.7. The second-order valence-corrected chi connectivity index (χ2v) is 3.41. The van der Waals surface area contributed by atoms with E-state index in [2.05, 4.69) is 9.72 Å². The molecule has 4 nitrogen and oxygen atoms in total. The number of ether oxygens (including phenoxy) is 1. The fourth-order valence-electron chi connectivity index (χ4n) is 1.24. The summed E-state index contributed by atoms with van der Waals surface area (Å²) < 4.78 is 29.8. The van der Waals surface area contributed by atoms with Crippen molar-refractivity contribution in [1.82, 2.24) is 4.98 Å². The van der Waals surface area contributed by atoms with Crippen LogP contribution in [-0.4, -0.2) is 18.1 Å². The van der Waals surface area contributed by atoms with Crippen LogP contribution in [0.25, 0.3) is 0 Å². The molecule has 1 rings (SSSR count). The molecule has 1 aromatic rings. The van der Waals surface area contributed by atoms with Crippen molar-refractivity contribution in [1.29, 1.82) is 5.26 Å². The molecule has 0 unspecified atom stereocenters. The molecule has 7 heteroatoms. The molecule has 0 radical (unpaired) electrons. The molecule has 0 aliphatic rings. The number of halogens is 3. The van der Waals surface area contributed by atoms with Gasteiger partial charge in [0.15, 0.2) is 0 Å². The van der Waals surface area contributed by atoms with Gasteiger partial charge in [-0.05, 0) is 6.07 Å². The summed E-state index contributed by atoms with van der Waals surface area (Å²) in [7, 11) is 1.12. The van der Waals surface area contributed by atoms with Crippen molar-refractivity contribution in [3.05, 3.63) is 28.0 Å². The number of hydrogen-bond donors (Lipinski definition) is 0. The first kappa shape index (κ1) is 13.3. The third-order valence-electron chi connectivity index (χ3n) is 2.00. The molecule has 17 heavy (non-hydrogen) atoms. The minimum absolute atomic E-state index is 0.106. The number of nitriles is 1. The predicted molar refractivity (Wildman–Crippen MR) is 54.6 cm³/mol. The number of carbonyl (C=O) groups excluding carboxylic acids is 1. The molecule has 0 aromatic carbocycles. The number of rotatable bonds is 3. The van der Waals surface area contributed by atoms with Gasteiger partial charge in [0.1, 0.15) is 10.8 Å². The average molecular weight is 261 g/mol. The molecule has 0 aliphatic heterocycles. The zero-order valence-corrected chi connectivity index (χ0v) is 9.46. The van der Waals surface area contributed by atoms with Gasteiger partial charge in [0.05, 0.1) is 25.2 Å². The van der Waals surface area contributed by atoms with Gasteiger partial charge in [0, 0.05) is 5.56 Å². The van der Waals surface area contributed by atoms with E-state index >= 15 is 0 Å². The molecule has 0 fully saturated rings. The minimum Gasteiger partial charge on any atom is -0.469 e. The first-order valence-electron chi connectivity index (χ1n) is 4.44. The molecule has 0 saturated carbocycles. The molecule has 0 atom stereocenters. The van der Waals surface area contributed by atoms with Crippen molar-refractivity contribution in [3.8, 4) is 6.07 Å². The molecule has 0 spiro atoms. The lowest BCUT2D eigenvalue weighted by molar-refractivity contribution is -0.139. The summed E-state index contributed by atoms with van der Waals surface area (Å²) in [6.07, 6.45) is -3.36.